The van der Waals surface area contributed by atoms with Crippen LogP contribution in [0.4, 0.5) is 4.39 Å². The number of ether oxygens (including phenoxy) is 1. The van der Waals surface area contributed by atoms with Crippen LogP contribution in [0.5, 0.6) is 11.5 Å². The fraction of sp³-hybridized carbons (Fsp3) is 0.536. The second kappa shape index (κ2) is 9.95. The van der Waals surface area contributed by atoms with Gasteiger partial charge in [0.25, 0.3) is 0 Å². The molecule has 5 nitrogen and oxygen atoms in total. The number of carbonyl (C=O) groups excluding carboxylic acids is 1. The van der Waals surface area contributed by atoms with Crippen molar-refractivity contribution in [2.75, 3.05) is 26.2 Å². The van der Waals surface area contributed by atoms with Crippen molar-refractivity contribution < 1.29 is 19.0 Å². The summed E-state index contributed by atoms with van der Waals surface area (Å²) >= 11 is 0. The van der Waals surface area contributed by atoms with E-state index in [1.54, 1.807) is 12.1 Å². The van der Waals surface area contributed by atoms with E-state index in [0.717, 1.165) is 76.8 Å². The Hall–Kier alpha value is -2.60. The Kier molecular flexibility index (Phi) is 6.77. The average molecular weight is 467 g/mol. The molecule has 2 aromatic carbocycles. The number of amides is 1. The SMILES string of the molecule is O=C1N2CCC[C@@H]2COc2ccccc2CCCCC12CCN(Cc1cccc(F)c1O)CC2. The van der Waals surface area contributed by atoms with Gasteiger partial charge in [0, 0.05) is 18.7 Å². The summed E-state index contributed by atoms with van der Waals surface area (Å²) in [6.07, 6.45) is 7.59. The third-order valence-electron chi connectivity index (χ3n) is 8.12. The lowest BCUT2D eigenvalue weighted by molar-refractivity contribution is -0.147. The lowest BCUT2D eigenvalue weighted by Crippen LogP contribution is -2.52. The standard InChI is InChI=1S/C28H35FN2O3/c29-24-11-5-9-22(26(24)32)19-30-17-14-28(15-18-30)13-4-3-8-21-7-1-2-12-25(21)34-20-23-10-6-16-31(23)27(28)33/h1-2,5,7,9,11-12,23,32H,3-4,6,8,10,13-20H2/t23-/m1/s1. The van der Waals surface area contributed by atoms with Crippen molar-refractivity contribution in [2.24, 2.45) is 5.41 Å². The van der Waals surface area contributed by atoms with Crippen molar-refractivity contribution in [2.45, 2.75) is 64.0 Å². The normalized spacial score (nSPS) is 23.5. The monoisotopic (exact) mass is 466 g/mol. The molecule has 3 aliphatic heterocycles. The number of hydrogen-bond acceptors (Lipinski definition) is 4. The molecule has 0 unspecified atom stereocenters. The fourth-order valence-electron chi connectivity index (χ4n) is 6.04. The number of aryl methyl sites for hydroxylation is 1. The first kappa shape index (κ1) is 23.2. The van der Waals surface area contributed by atoms with E-state index in [-0.39, 0.29) is 17.2 Å². The molecule has 5 rings (SSSR count). The van der Waals surface area contributed by atoms with Gasteiger partial charge in [-0.2, -0.15) is 0 Å². The summed E-state index contributed by atoms with van der Waals surface area (Å²) in [6.45, 7) is 3.44. The number of likely N-dealkylation sites (tertiary alicyclic amines) is 1. The molecule has 34 heavy (non-hydrogen) atoms. The van der Waals surface area contributed by atoms with E-state index in [2.05, 4.69) is 28.0 Å². The highest BCUT2D eigenvalue weighted by atomic mass is 19.1. The maximum atomic E-state index is 14.0. The zero-order valence-corrected chi connectivity index (χ0v) is 19.8. The lowest BCUT2D eigenvalue weighted by atomic mass is 9.72. The van der Waals surface area contributed by atoms with Crippen LogP contribution in [0.15, 0.2) is 42.5 Å². The summed E-state index contributed by atoms with van der Waals surface area (Å²) in [5.74, 6) is 0.432. The Morgan fingerprint density at radius 2 is 1.82 bits per heavy atom. The molecule has 2 aromatic rings. The minimum atomic E-state index is -0.579. The summed E-state index contributed by atoms with van der Waals surface area (Å²) in [5, 5.41) is 10.1. The van der Waals surface area contributed by atoms with Gasteiger partial charge in [-0.15, -0.1) is 0 Å². The zero-order valence-electron chi connectivity index (χ0n) is 19.8. The number of nitrogens with zero attached hydrogens (tertiary/aromatic N) is 2. The van der Waals surface area contributed by atoms with E-state index in [4.69, 9.17) is 4.74 Å². The highest BCUT2D eigenvalue weighted by Crippen LogP contribution is 2.41. The smallest absolute Gasteiger partial charge is 0.229 e. The van der Waals surface area contributed by atoms with Gasteiger partial charge in [0.1, 0.15) is 12.4 Å². The van der Waals surface area contributed by atoms with E-state index < -0.39 is 5.82 Å². The number of phenolic OH excluding ortho intramolecular Hbond substituents is 1. The van der Waals surface area contributed by atoms with Gasteiger partial charge < -0.3 is 14.7 Å². The average Bonchev–Trinajstić information content (AvgIpc) is 3.32. The molecule has 0 radical (unpaired) electrons. The van der Waals surface area contributed by atoms with Gasteiger partial charge >= 0.3 is 0 Å². The highest BCUT2D eigenvalue weighted by Gasteiger charge is 2.45. The number of rotatable bonds is 2. The first-order valence-electron chi connectivity index (χ1n) is 12.8. The fourth-order valence-corrected chi connectivity index (χ4v) is 6.04. The molecule has 0 bridgehead atoms. The second-order valence-electron chi connectivity index (χ2n) is 10.2. The Morgan fingerprint density at radius 3 is 2.68 bits per heavy atom. The molecule has 0 aromatic heterocycles. The Balaban J connectivity index is 1.32. The number of piperidine rings is 1. The van der Waals surface area contributed by atoms with Gasteiger partial charge in [-0.05, 0) is 75.7 Å². The van der Waals surface area contributed by atoms with Crippen LogP contribution >= 0.6 is 0 Å². The van der Waals surface area contributed by atoms with Crippen LogP contribution in [0.1, 0.15) is 56.1 Å². The number of phenols is 1. The predicted molar refractivity (Wildman–Crippen MR) is 129 cm³/mol. The van der Waals surface area contributed by atoms with Gasteiger partial charge in [0.2, 0.25) is 5.91 Å². The van der Waals surface area contributed by atoms with Gasteiger partial charge in [0.05, 0.1) is 11.5 Å². The third-order valence-corrected chi connectivity index (χ3v) is 8.12. The van der Waals surface area contributed by atoms with Gasteiger partial charge in [-0.25, -0.2) is 4.39 Å². The summed E-state index contributed by atoms with van der Waals surface area (Å²) in [7, 11) is 0. The Morgan fingerprint density at radius 1 is 1.00 bits per heavy atom. The summed E-state index contributed by atoms with van der Waals surface area (Å²) < 4.78 is 20.0. The maximum absolute atomic E-state index is 14.0. The summed E-state index contributed by atoms with van der Waals surface area (Å²) in [4.78, 5) is 18.3. The molecule has 0 aliphatic carbocycles. The molecule has 182 valence electrons. The number of para-hydroxylation sites is 2. The van der Waals surface area contributed by atoms with Crippen LogP contribution in [0.3, 0.4) is 0 Å². The molecule has 1 spiro atoms. The molecular formula is C28H35FN2O3. The van der Waals surface area contributed by atoms with Gasteiger partial charge in [0.15, 0.2) is 11.6 Å². The first-order valence-corrected chi connectivity index (χ1v) is 12.8. The number of hydrogen-bond donors (Lipinski definition) is 1. The Bertz CT molecular complexity index is 1020. The van der Waals surface area contributed by atoms with Crippen molar-refractivity contribution in [1.29, 1.82) is 0 Å². The number of aromatic hydroxyl groups is 1. The number of benzene rings is 2. The molecule has 0 saturated carbocycles. The minimum Gasteiger partial charge on any atom is -0.505 e. The minimum absolute atomic E-state index is 0.138. The second-order valence-corrected chi connectivity index (χ2v) is 10.2. The largest absolute Gasteiger partial charge is 0.505 e. The van der Waals surface area contributed by atoms with Crippen LogP contribution < -0.4 is 4.74 Å². The van der Waals surface area contributed by atoms with Crippen molar-refractivity contribution in [3.63, 3.8) is 0 Å². The zero-order chi connectivity index (χ0) is 23.5. The number of carbonyl (C=O) groups is 1. The summed E-state index contributed by atoms with van der Waals surface area (Å²) in [5.41, 5.74) is 1.54. The number of fused-ring (bicyclic) bond motifs is 2. The molecule has 2 saturated heterocycles. The maximum Gasteiger partial charge on any atom is 0.229 e. The van der Waals surface area contributed by atoms with Crippen LogP contribution in [0.25, 0.3) is 0 Å². The first-order chi connectivity index (χ1) is 16.6. The lowest BCUT2D eigenvalue weighted by Gasteiger charge is -2.44. The molecule has 2 fully saturated rings. The molecule has 1 atom stereocenters. The summed E-state index contributed by atoms with van der Waals surface area (Å²) in [6, 6.07) is 13.1. The van der Waals surface area contributed by atoms with E-state index in [0.29, 0.717) is 24.6 Å². The van der Waals surface area contributed by atoms with Crippen molar-refractivity contribution in [3.05, 3.63) is 59.4 Å². The molecule has 1 amide bonds. The number of halogens is 1. The van der Waals surface area contributed by atoms with Crippen LogP contribution in [0.2, 0.25) is 0 Å². The molecule has 6 heteroatoms. The molecule has 1 N–H and O–H groups in total. The van der Waals surface area contributed by atoms with Crippen LogP contribution in [0, 0.1) is 11.2 Å². The van der Waals surface area contributed by atoms with Crippen molar-refractivity contribution in [3.8, 4) is 11.5 Å². The van der Waals surface area contributed by atoms with Gasteiger partial charge in [-0.1, -0.05) is 36.8 Å². The van der Waals surface area contributed by atoms with Crippen LogP contribution in [-0.2, 0) is 17.8 Å². The highest BCUT2D eigenvalue weighted by molar-refractivity contribution is 5.83. The molecule has 3 aliphatic rings. The van der Waals surface area contributed by atoms with Crippen molar-refractivity contribution >= 4 is 5.91 Å². The topological polar surface area (TPSA) is 53.0 Å². The quantitative estimate of drug-likeness (QED) is 0.683. The van der Waals surface area contributed by atoms with E-state index in [9.17, 15) is 14.3 Å². The van der Waals surface area contributed by atoms with Crippen molar-refractivity contribution in [1.82, 2.24) is 9.80 Å². The third kappa shape index (κ3) is 4.65. The molecular weight excluding hydrogens is 431 g/mol. The van der Waals surface area contributed by atoms with E-state index in [1.165, 1.54) is 11.6 Å². The Labute approximate surface area is 201 Å². The van der Waals surface area contributed by atoms with E-state index in [1.807, 2.05) is 6.07 Å². The predicted octanol–water partition coefficient (Wildman–Crippen LogP) is 4.91. The van der Waals surface area contributed by atoms with Crippen LogP contribution in [-0.4, -0.2) is 53.1 Å². The molecule has 3 heterocycles. The van der Waals surface area contributed by atoms with Gasteiger partial charge in [-0.3, -0.25) is 9.69 Å². The van der Waals surface area contributed by atoms with E-state index >= 15 is 0 Å².